The summed E-state index contributed by atoms with van der Waals surface area (Å²) in [4.78, 5) is 20.9. The molecule has 0 radical (unpaired) electrons. The molecule has 7 heteroatoms. The second kappa shape index (κ2) is 8.31. The van der Waals surface area contributed by atoms with Gasteiger partial charge in [0.15, 0.2) is 0 Å². The SMILES string of the molecule is CCOc1ccccc1NC(=O)c1ccnc(Nc2ccc(Cl)cc2)n1. The number of nitrogens with one attached hydrogen (secondary N) is 2. The maximum Gasteiger partial charge on any atom is 0.274 e. The third kappa shape index (κ3) is 4.49. The van der Waals surface area contributed by atoms with Gasteiger partial charge in [0.05, 0.1) is 12.3 Å². The second-order valence-electron chi connectivity index (χ2n) is 5.28. The average Bonchev–Trinajstić information content (AvgIpc) is 2.66. The van der Waals surface area contributed by atoms with Crippen molar-refractivity contribution in [3.63, 3.8) is 0 Å². The third-order valence-electron chi connectivity index (χ3n) is 3.42. The number of ether oxygens (including phenoxy) is 1. The predicted octanol–water partition coefficient (Wildman–Crippen LogP) is 4.52. The van der Waals surface area contributed by atoms with E-state index in [4.69, 9.17) is 16.3 Å². The monoisotopic (exact) mass is 368 g/mol. The smallest absolute Gasteiger partial charge is 0.274 e. The summed E-state index contributed by atoms with van der Waals surface area (Å²) in [5.41, 5.74) is 1.60. The van der Waals surface area contributed by atoms with Crippen molar-refractivity contribution in [3.8, 4) is 5.75 Å². The molecule has 0 fully saturated rings. The van der Waals surface area contributed by atoms with Crippen LogP contribution in [0.2, 0.25) is 5.02 Å². The van der Waals surface area contributed by atoms with Crippen molar-refractivity contribution in [2.45, 2.75) is 6.92 Å². The number of carbonyl (C=O) groups is 1. The maximum atomic E-state index is 12.5. The molecule has 0 saturated heterocycles. The van der Waals surface area contributed by atoms with E-state index in [0.29, 0.717) is 29.0 Å². The number of hydrogen-bond donors (Lipinski definition) is 2. The Bertz CT molecular complexity index is 900. The van der Waals surface area contributed by atoms with E-state index < -0.39 is 0 Å². The molecule has 2 aromatic carbocycles. The van der Waals surface area contributed by atoms with Crippen molar-refractivity contribution < 1.29 is 9.53 Å². The first-order chi connectivity index (χ1) is 12.7. The van der Waals surface area contributed by atoms with E-state index in [1.165, 1.54) is 6.20 Å². The Morgan fingerprint density at radius 1 is 1.12 bits per heavy atom. The molecule has 1 amide bonds. The second-order valence-corrected chi connectivity index (χ2v) is 5.72. The highest BCUT2D eigenvalue weighted by Gasteiger charge is 2.12. The molecule has 1 heterocycles. The Labute approximate surface area is 156 Å². The number of halogens is 1. The van der Waals surface area contributed by atoms with Crippen LogP contribution in [-0.2, 0) is 0 Å². The molecule has 26 heavy (non-hydrogen) atoms. The van der Waals surface area contributed by atoms with Crippen LogP contribution in [0.1, 0.15) is 17.4 Å². The van der Waals surface area contributed by atoms with Gasteiger partial charge >= 0.3 is 0 Å². The van der Waals surface area contributed by atoms with Gasteiger partial charge in [-0.1, -0.05) is 23.7 Å². The zero-order chi connectivity index (χ0) is 18.4. The third-order valence-corrected chi connectivity index (χ3v) is 3.68. The number of nitrogens with zero attached hydrogens (tertiary/aromatic N) is 2. The topological polar surface area (TPSA) is 76.1 Å². The minimum Gasteiger partial charge on any atom is -0.492 e. The van der Waals surface area contributed by atoms with Crippen LogP contribution in [0, 0.1) is 0 Å². The summed E-state index contributed by atoms with van der Waals surface area (Å²) < 4.78 is 5.52. The molecule has 0 atom stereocenters. The lowest BCUT2D eigenvalue weighted by Gasteiger charge is -2.11. The normalized spacial score (nSPS) is 10.2. The molecule has 0 bridgehead atoms. The van der Waals surface area contributed by atoms with Crippen molar-refractivity contribution in [2.24, 2.45) is 0 Å². The van der Waals surface area contributed by atoms with E-state index in [9.17, 15) is 4.79 Å². The summed E-state index contributed by atoms with van der Waals surface area (Å²) in [6, 6.07) is 15.9. The number of amides is 1. The Balaban J connectivity index is 1.75. The van der Waals surface area contributed by atoms with Crippen molar-refractivity contribution in [1.82, 2.24) is 9.97 Å². The van der Waals surface area contributed by atoms with Gasteiger partial charge < -0.3 is 15.4 Å². The lowest BCUT2D eigenvalue weighted by atomic mass is 10.2. The number of rotatable bonds is 6. The van der Waals surface area contributed by atoms with E-state index in [1.54, 1.807) is 42.5 Å². The minimum atomic E-state index is -0.348. The Morgan fingerprint density at radius 3 is 2.65 bits per heavy atom. The van der Waals surface area contributed by atoms with Crippen LogP contribution >= 0.6 is 11.6 Å². The van der Waals surface area contributed by atoms with Crippen LogP contribution in [0.25, 0.3) is 0 Å². The number of anilines is 3. The van der Waals surface area contributed by atoms with Crippen LogP contribution in [0.4, 0.5) is 17.3 Å². The van der Waals surface area contributed by atoms with Gasteiger partial charge in [0, 0.05) is 16.9 Å². The standard InChI is InChI=1S/C19H17ClN4O2/c1-2-26-17-6-4-3-5-15(17)23-18(25)16-11-12-21-19(24-16)22-14-9-7-13(20)8-10-14/h3-12H,2H2,1H3,(H,23,25)(H,21,22,24). The molecule has 1 aromatic heterocycles. The van der Waals surface area contributed by atoms with Crippen LogP contribution in [-0.4, -0.2) is 22.5 Å². The number of benzene rings is 2. The summed E-state index contributed by atoms with van der Waals surface area (Å²) >= 11 is 5.87. The molecule has 0 saturated carbocycles. The van der Waals surface area contributed by atoms with Gasteiger partial charge in [-0.3, -0.25) is 4.79 Å². The van der Waals surface area contributed by atoms with E-state index in [0.717, 1.165) is 5.69 Å². The fourth-order valence-corrected chi connectivity index (χ4v) is 2.37. The first kappa shape index (κ1) is 17.7. The van der Waals surface area contributed by atoms with E-state index in [1.807, 2.05) is 19.1 Å². The van der Waals surface area contributed by atoms with Gasteiger partial charge in [0.2, 0.25) is 5.95 Å². The average molecular weight is 369 g/mol. The number of para-hydroxylation sites is 2. The van der Waals surface area contributed by atoms with Crippen molar-refractivity contribution >= 4 is 34.8 Å². The highest BCUT2D eigenvalue weighted by atomic mass is 35.5. The number of hydrogen-bond acceptors (Lipinski definition) is 5. The molecular weight excluding hydrogens is 352 g/mol. The zero-order valence-electron chi connectivity index (χ0n) is 14.1. The molecule has 2 N–H and O–H groups in total. The fourth-order valence-electron chi connectivity index (χ4n) is 2.25. The van der Waals surface area contributed by atoms with Gasteiger partial charge in [0.25, 0.3) is 5.91 Å². The Hall–Kier alpha value is -3.12. The van der Waals surface area contributed by atoms with E-state index in [2.05, 4.69) is 20.6 Å². The van der Waals surface area contributed by atoms with Crippen LogP contribution < -0.4 is 15.4 Å². The summed E-state index contributed by atoms with van der Waals surface area (Å²) in [6.45, 7) is 2.40. The molecule has 0 aliphatic carbocycles. The fraction of sp³-hybridized carbons (Fsp3) is 0.105. The zero-order valence-corrected chi connectivity index (χ0v) is 14.8. The van der Waals surface area contributed by atoms with Crippen molar-refractivity contribution in [1.29, 1.82) is 0 Å². The molecular formula is C19H17ClN4O2. The lowest BCUT2D eigenvalue weighted by Crippen LogP contribution is -2.15. The summed E-state index contributed by atoms with van der Waals surface area (Å²) in [6.07, 6.45) is 1.52. The maximum absolute atomic E-state index is 12.5. The Kier molecular flexibility index (Phi) is 5.66. The minimum absolute atomic E-state index is 0.239. The first-order valence-corrected chi connectivity index (χ1v) is 8.42. The van der Waals surface area contributed by atoms with E-state index >= 15 is 0 Å². The summed E-state index contributed by atoms with van der Waals surface area (Å²) in [5.74, 6) is 0.577. The summed E-state index contributed by atoms with van der Waals surface area (Å²) in [7, 11) is 0. The van der Waals surface area contributed by atoms with Crippen molar-refractivity contribution in [2.75, 3.05) is 17.2 Å². The molecule has 3 rings (SSSR count). The summed E-state index contributed by atoms with van der Waals surface area (Å²) in [5, 5.41) is 6.48. The highest BCUT2D eigenvalue weighted by molar-refractivity contribution is 6.30. The quantitative estimate of drug-likeness (QED) is 0.668. The molecule has 0 spiro atoms. The lowest BCUT2D eigenvalue weighted by molar-refractivity contribution is 0.102. The number of aromatic nitrogens is 2. The highest BCUT2D eigenvalue weighted by Crippen LogP contribution is 2.24. The molecule has 0 unspecified atom stereocenters. The van der Waals surface area contributed by atoms with E-state index in [-0.39, 0.29) is 11.6 Å². The van der Waals surface area contributed by atoms with Gasteiger partial charge in [-0.15, -0.1) is 0 Å². The van der Waals surface area contributed by atoms with Crippen LogP contribution in [0.5, 0.6) is 5.75 Å². The van der Waals surface area contributed by atoms with Crippen LogP contribution in [0.3, 0.4) is 0 Å². The molecule has 3 aromatic rings. The molecule has 0 aliphatic heterocycles. The number of carbonyl (C=O) groups excluding carboxylic acids is 1. The predicted molar refractivity (Wildman–Crippen MR) is 102 cm³/mol. The van der Waals surface area contributed by atoms with Crippen LogP contribution in [0.15, 0.2) is 60.8 Å². The first-order valence-electron chi connectivity index (χ1n) is 8.04. The molecule has 6 nitrogen and oxygen atoms in total. The van der Waals surface area contributed by atoms with Gasteiger partial charge in [0.1, 0.15) is 11.4 Å². The van der Waals surface area contributed by atoms with Gasteiger partial charge in [-0.05, 0) is 49.4 Å². The molecule has 132 valence electrons. The Morgan fingerprint density at radius 2 is 1.88 bits per heavy atom. The largest absolute Gasteiger partial charge is 0.492 e. The van der Waals surface area contributed by atoms with Gasteiger partial charge in [-0.25, -0.2) is 9.97 Å². The van der Waals surface area contributed by atoms with Crippen molar-refractivity contribution in [3.05, 3.63) is 71.5 Å². The molecule has 0 aliphatic rings. The van der Waals surface area contributed by atoms with Gasteiger partial charge in [-0.2, -0.15) is 0 Å².